The fourth-order valence-corrected chi connectivity index (χ4v) is 4.59. The Labute approximate surface area is 180 Å². The summed E-state index contributed by atoms with van der Waals surface area (Å²) in [7, 11) is 0. The first-order valence-electron chi connectivity index (χ1n) is 11.8. The van der Waals surface area contributed by atoms with Crippen LogP contribution in [0.5, 0.6) is 0 Å². The molecule has 0 bridgehead atoms. The lowest BCUT2D eigenvalue weighted by Gasteiger charge is -2.30. The zero-order valence-corrected chi connectivity index (χ0v) is 18.5. The number of halogens is 1. The van der Waals surface area contributed by atoms with E-state index in [-0.39, 0.29) is 17.8 Å². The van der Waals surface area contributed by atoms with Gasteiger partial charge in [0.15, 0.2) is 0 Å². The third-order valence-electron chi connectivity index (χ3n) is 6.44. The van der Waals surface area contributed by atoms with Crippen molar-refractivity contribution in [3.8, 4) is 0 Å². The lowest BCUT2D eigenvalue weighted by atomic mass is 9.85. The first-order valence-corrected chi connectivity index (χ1v) is 11.8. The van der Waals surface area contributed by atoms with Crippen LogP contribution < -0.4 is 0 Å². The SMILES string of the molecule is CCCCC[C@H]1CO[C@H](c2ccc(C(=O)O[C@H]3CC[C@H](CCC)CC3)cc2F)CO1. The molecule has 30 heavy (non-hydrogen) atoms. The van der Waals surface area contributed by atoms with Gasteiger partial charge in [0, 0.05) is 5.56 Å². The highest BCUT2D eigenvalue weighted by Crippen LogP contribution is 2.31. The maximum Gasteiger partial charge on any atom is 0.338 e. The van der Waals surface area contributed by atoms with Gasteiger partial charge in [-0.3, -0.25) is 0 Å². The van der Waals surface area contributed by atoms with Crippen molar-refractivity contribution in [3.05, 3.63) is 35.1 Å². The van der Waals surface area contributed by atoms with Gasteiger partial charge < -0.3 is 14.2 Å². The van der Waals surface area contributed by atoms with Gasteiger partial charge in [-0.15, -0.1) is 0 Å². The second kappa shape index (κ2) is 11.8. The van der Waals surface area contributed by atoms with Gasteiger partial charge in [-0.05, 0) is 50.2 Å². The maximum atomic E-state index is 14.7. The van der Waals surface area contributed by atoms with Crippen molar-refractivity contribution in [1.82, 2.24) is 0 Å². The summed E-state index contributed by atoms with van der Waals surface area (Å²) in [4.78, 5) is 12.5. The Balaban J connectivity index is 1.49. The van der Waals surface area contributed by atoms with Gasteiger partial charge in [-0.25, -0.2) is 9.18 Å². The average Bonchev–Trinajstić information content (AvgIpc) is 2.76. The molecule has 168 valence electrons. The molecule has 2 fully saturated rings. The zero-order chi connectivity index (χ0) is 21.3. The standard InChI is InChI=1S/C25H37FO4/c1-3-5-6-8-21-16-29-24(17-28-21)22-14-11-19(15-23(22)26)25(27)30-20-12-9-18(7-4-2)10-13-20/h11,14-15,18,20-21,24H,3-10,12-13,16-17H2,1-2H3/t18-,20-,21-,24-/m0/s1. The highest BCUT2D eigenvalue weighted by Gasteiger charge is 2.27. The van der Waals surface area contributed by atoms with Crippen molar-refractivity contribution in [2.24, 2.45) is 5.92 Å². The molecule has 5 heteroatoms. The van der Waals surface area contributed by atoms with Crippen LogP contribution in [0, 0.1) is 11.7 Å². The van der Waals surface area contributed by atoms with E-state index in [4.69, 9.17) is 14.2 Å². The molecule has 2 atom stereocenters. The van der Waals surface area contributed by atoms with E-state index in [2.05, 4.69) is 13.8 Å². The fourth-order valence-electron chi connectivity index (χ4n) is 4.59. The van der Waals surface area contributed by atoms with Gasteiger partial charge in [0.05, 0.1) is 24.9 Å². The van der Waals surface area contributed by atoms with Crippen molar-refractivity contribution >= 4 is 5.97 Å². The molecular weight excluding hydrogens is 383 g/mol. The van der Waals surface area contributed by atoms with Crippen LogP contribution in [0.4, 0.5) is 4.39 Å². The Hall–Kier alpha value is -1.46. The van der Waals surface area contributed by atoms with Crippen LogP contribution in [0.1, 0.15) is 100 Å². The van der Waals surface area contributed by atoms with Crippen molar-refractivity contribution in [1.29, 1.82) is 0 Å². The summed E-state index contributed by atoms with van der Waals surface area (Å²) in [6.07, 6.45) is 10.6. The van der Waals surface area contributed by atoms with Gasteiger partial charge in [-0.1, -0.05) is 52.0 Å². The minimum Gasteiger partial charge on any atom is -0.459 e. The lowest BCUT2D eigenvalue weighted by molar-refractivity contribution is -0.138. The molecule has 3 rings (SSSR count). The molecule has 0 amide bonds. The summed E-state index contributed by atoms with van der Waals surface area (Å²) in [5.74, 6) is -0.115. The third-order valence-corrected chi connectivity index (χ3v) is 6.44. The molecule has 4 nitrogen and oxygen atoms in total. The van der Waals surface area contributed by atoms with E-state index in [9.17, 15) is 9.18 Å². The molecule has 2 aliphatic rings. The quantitative estimate of drug-likeness (QED) is 0.343. The number of ether oxygens (including phenoxy) is 3. The highest BCUT2D eigenvalue weighted by atomic mass is 19.1. The Bertz CT molecular complexity index is 661. The summed E-state index contributed by atoms with van der Waals surface area (Å²) in [5.41, 5.74) is 0.708. The molecule has 0 spiro atoms. The van der Waals surface area contributed by atoms with Gasteiger partial charge in [0.25, 0.3) is 0 Å². The topological polar surface area (TPSA) is 44.8 Å². The van der Waals surface area contributed by atoms with Crippen LogP contribution >= 0.6 is 0 Å². The van der Waals surface area contributed by atoms with Crippen molar-refractivity contribution < 1.29 is 23.4 Å². The van der Waals surface area contributed by atoms with E-state index in [1.807, 2.05) is 0 Å². The Morgan fingerprint density at radius 3 is 2.47 bits per heavy atom. The molecule has 1 saturated carbocycles. The molecule has 1 heterocycles. The number of benzene rings is 1. The fraction of sp³-hybridized carbons (Fsp3) is 0.720. The molecule has 1 aliphatic carbocycles. The number of unbranched alkanes of at least 4 members (excludes halogenated alkanes) is 2. The van der Waals surface area contributed by atoms with Crippen molar-refractivity contribution in [3.63, 3.8) is 0 Å². The smallest absolute Gasteiger partial charge is 0.338 e. The Morgan fingerprint density at radius 1 is 1.03 bits per heavy atom. The highest BCUT2D eigenvalue weighted by molar-refractivity contribution is 5.89. The summed E-state index contributed by atoms with van der Waals surface area (Å²) >= 11 is 0. The molecule has 0 aromatic heterocycles. The molecule has 1 aromatic rings. The second-order valence-electron chi connectivity index (χ2n) is 8.85. The van der Waals surface area contributed by atoms with Crippen LogP contribution in [-0.4, -0.2) is 31.4 Å². The minimum atomic E-state index is -0.436. The number of hydrogen-bond acceptors (Lipinski definition) is 4. The van der Waals surface area contributed by atoms with E-state index >= 15 is 0 Å². The largest absolute Gasteiger partial charge is 0.459 e. The van der Waals surface area contributed by atoms with E-state index in [1.54, 1.807) is 12.1 Å². The van der Waals surface area contributed by atoms with Crippen LogP contribution in [0.2, 0.25) is 0 Å². The molecular formula is C25H37FO4. The van der Waals surface area contributed by atoms with Crippen LogP contribution in [0.3, 0.4) is 0 Å². The number of hydrogen-bond donors (Lipinski definition) is 0. The molecule has 1 saturated heterocycles. The maximum absolute atomic E-state index is 14.7. The molecule has 1 aliphatic heterocycles. The van der Waals surface area contributed by atoms with Crippen LogP contribution in [-0.2, 0) is 14.2 Å². The summed E-state index contributed by atoms with van der Waals surface area (Å²) in [5, 5.41) is 0. The minimum absolute atomic E-state index is 0.0481. The van der Waals surface area contributed by atoms with E-state index in [1.165, 1.54) is 31.7 Å². The monoisotopic (exact) mass is 420 g/mol. The van der Waals surface area contributed by atoms with E-state index in [0.29, 0.717) is 18.8 Å². The predicted molar refractivity (Wildman–Crippen MR) is 115 cm³/mol. The van der Waals surface area contributed by atoms with Crippen molar-refractivity contribution in [2.45, 2.75) is 96.4 Å². The summed E-state index contributed by atoms with van der Waals surface area (Å²) in [6.45, 7) is 5.21. The first kappa shape index (κ1) is 23.2. The number of carbonyl (C=O) groups is 1. The number of carbonyl (C=O) groups excluding carboxylic acids is 1. The number of rotatable bonds is 9. The van der Waals surface area contributed by atoms with Gasteiger partial charge in [0.1, 0.15) is 18.0 Å². The zero-order valence-electron chi connectivity index (χ0n) is 18.5. The molecule has 0 unspecified atom stereocenters. The third kappa shape index (κ3) is 6.52. The van der Waals surface area contributed by atoms with Crippen molar-refractivity contribution in [2.75, 3.05) is 13.2 Å². The average molecular weight is 421 g/mol. The Kier molecular flexibility index (Phi) is 9.13. The van der Waals surface area contributed by atoms with Crippen LogP contribution in [0.25, 0.3) is 0 Å². The Morgan fingerprint density at radius 2 is 1.83 bits per heavy atom. The summed E-state index contributed by atoms with van der Waals surface area (Å²) in [6, 6.07) is 4.55. The molecule has 0 N–H and O–H groups in total. The predicted octanol–water partition coefficient (Wildman–Crippen LogP) is 6.38. The van der Waals surface area contributed by atoms with E-state index < -0.39 is 17.9 Å². The second-order valence-corrected chi connectivity index (χ2v) is 8.85. The molecule has 1 aromatic carbocycles. The van der Waals surface area contributed by atoms with Gasteiger partial charge >= 0.3 is 5.97 Å². The summed E-state index contributed by atoms with van der Waals surface area (Å²) < 4.78 is 32.1. The van der Waals surface area contributed by atoms with Crippen LogP contribution in [0.15, 0.2) is 18.2 Å². The van der Waals surface area contributed by atoms with Gasteiger partial charge in [0.2, 0.25) is 0 Å². The normalized spacial score (nSPS) is 27.0. The molecule has 0 radical (unpaired) electrons. The van der Waals surface area contributed by atoms with E-state index in [0.717, 1.165) is 44.4 Å². The first-order chi connectivity index (χ1) is 14.6. The lowest BCUT2D eigenvalue weighted by Crippen LogP contribution is -2.31. The van der Waals surface area contributed by atoms with Gasteiger partial charge in [-0.2, -0.15) is 0 Å². The number of esters is 1.